The summed E-state index contributed by atoms with van der Waals surface area (Å²) in [6.07, 6.45) is 9.89. The molecule has 1 aromatic rings. The van der Waals surface area contributed by atoms with E-state index in [0.29, 0.717) is 0 Å². The van der Waals surface area contributed by atoms with Crippen LogP contribution in [0.25, 0.3) is 0 Å². The predicted octanol–water partition coefficient (Wildman–Crippen LogP) is 4.07. The third-order valence-corrected chi connectivity index (χ3v) is 3.90. The lowest BCUT2D eigenvalue weighted by Crippen LogP contribution is -2.10. The molecular weight excluding hydrogens is 276 g/mol. The van der Waals surface area contributed by atoms with E-state index in [1.807, 2.05) is 18.2 Å². The molecule has 0 saturated carbocycles. The molecule has 0 heterocycles. The van der Waals surface area contributed by atoms with Crippen LogP contribution < -0.4 is 0 Å². The minimum atomic E-state index is -0.518. The zero-order chi connectivity index (χ0) is 15.9. The zero-order valence-corrected chi connectivity index (χ0v) is 13.8. The summed E-state index contributed by atoms with van der Waals surface area (Å²) in [5, 5.41) is 17.9. The molecule has 1 rings (SSSR count). The van der Waals surface area contributed by atoms with Crippen molar-refractivity contribution < 1.29 is 14.9 Å². The highest BCUT2D eigenvalue weighted by atomic mass is 16.5. The Morgan fingerprint density at radius 1 is 0.818 bits per heavy atom. The Hall–Kier alpha value is -0.900. The van der Waals surface area contributed by atoms with E-state index in [9.17, 15) is 5.11 Å². The van der Waals surface area contributed by atoms with Crippen molar-refractivity contribution in [1.82, 2.24) is 0 Å². The van der Waals surface area contributed by atoms with Crippen LogP contribution in [0.2, 0.25) is 0 Å². The van der Waals surface area contributed by atoms with Crippen LogP contribution in [0.1, 0.15) is 63.4 Å². The first-order valence-corrected chi connectivity index (χ1v) is 8.73. The first-order chi connectivity index (χ1) is 10.8. The molecule has 126 valence electrons. The predicted molar refractivity (Wildman–Crippen MR) is 90.7 cm³/mol. The van der Waals surface area contributed by atoms with Crippen LogP contribution in [0.4, 0.5) is 0 Å². The Morgan fingerprint density at radius 2 is 1.41 bits per heavy atom. The normalized spacial score (nSPS) is 12.5. The van der Waals surface area contributed by atoms with Crippen molar-refractivity contribution in [1.29, 1.82) is 0 Å². The van der Waals surface area contributed by atoms with E-state index in [1.54, 1.807) is 0 Å². The summed E-state index contributed by atoms with van der Waals surface area (Å²) in [5.74, 6) is 0. The fourth-order valence-electron chi connectivity index (χ4n) is 2.50. The molecule has 2 N–H and O–H groups in total. The highest BCUT2D eigenvalue weighted by Gasteiger charge is 2.00. The highest BCUT2D eigenvalue weighted by Crippen LogP contribution is 2.11. The standard InChI is InChI=1S/C19H32O3/c20-16-19(21)14-10-5-3-1-2-4-6-11-15-22-17-18-12-8-7-9-13-18/h7-9,12-13,19-21H,1-6,10-11,14-17H2/t19-/m0/s1. The van der Waals surface area contributed by atoms with Gasteiger partial charge in [0.15, 0.2) is 0 Å². The molecule has 1 aromatic carbocycles. The maximum absolute atomic E-state index is 9.21. The Balaban J connectivity index is 1.77. The van der Waals surface area contributed by atoms with Gasteiger partial charge in [0.2, 0.25) is 0 Å². The van der Waals surface area contributed by atoms with E-state index in [4.69, 9.17) is 9.84 Å². The van der Waals surface area contributed by atoms with Gasteiger partial charge >= 0.3 is 0 Å². The second-order valence-corrected chi connectivity index (χ2v) is 5.99. The second kappa shape index (κ2) is 13.7. The van der Waals surface area contributed by atoms with Gasteiger partial charge in [-0.3, -0.25) is 0 Å². The maximum Gasteiger partial charge on any atom is 0.0770 e. The molecule has 0 radical (unpaired) electrons. The first kappa shape index (κ1) is 19.1. The van der Waals surface area contributed by atoms with E-state index in [0.717, 1.165) is 38.9 Å². The van der Waals surface area contributed by atoms with Crippen molar-refractivity contribution in [3.8, 4) is 0 Å². The average molecular weight is 308 g/mol. The van der Waals surface area contributed by atoms with Crippen molar-refractivity contribution in [2.24, 2.45) is 0 Å². The van der Waals surface area contributed by atoms with Crippen LogP contribution in [0, 0.1) is 0 Å². The van der Waals surface area contributed by atoms with Gasteiger partial charge in [-0.15, -0.1) is 0 Å². The fraction of sp³-hybridized carbons (Fsp3) is 0.684. The molecule has 0 spiro atoms. The number of unbranched alkanes of at least 4 members (excludes halogenated alkanes) is 7. The second-order valence-electron chi connectivity index (χ2n) is 5.99. The lowest BCUT2D eigenvalue weighted by atomic mass is 10.1. The van der Waals surface area contributed by atoms with Gasteiger partial charge in [0.05, 0.1) is 19.3 Å². The van der Waals surface area contributed by atoms with E-state index < -0.39 is 6.10 Å². The number of hydrogen-bond donors (Lipinski definition) is 2. The van der Waals surface area contributed by atoms with Crippen LogP contribution in [0.5, 0.6) is 0 Å². The Kier molecular flexibility index (Phi) is 12.0. The molecular formula is C19H32O3. The van der Waals surface area contributed by atoms with Crippen molar-refractivity contribution >= 4 is 0 Å². The molecule has 0 aliphatic heterocycles. The summed E-state index contributed by atoms with van der Waals surface area (Å²) in [4.78, 5) is 0. The molecule has 0 aliphatic carbocycles. The SMILES string of the molecule is OC[C@@H](O)CCCCCCCCCCOCc1ccccc1. The quantitative estimate of drug-likeness (QED) is 0.509. The molecule has 0 unspecified atom stereocenters. The van der Waals surface area contributed by atoms with E-state index in [2.05, 4.69) is 12.1 Å². The van der Waals surface area contributed by atoms with Crippen molar-refractivity contribution in [2.75, 3.05) is 13.2 Å². The van der Waals surface area contributed by atoms with Gasteiger partial charge < -0.3 is 14.9 Å². The average Bonchev–Trinajstić information content (AvgIpc) is 2.56. The Bertz CT molecular complexity index is 340. The minimum Gasteiger partial charge on any atom is -0.394 e. The van der Waals surface area contributed by atoms with Crippen LogP contribution in [-0.2, 0) is 11.3 Å². The van der Waals surface area contributed by atoms with Crippen molar-refractivity contribution in [2.45, 2.75) is 70.5 Å². The number of benzene rings is 1. The monoisotopic (exact) mass is 308 g/mol. The number of rotatable bonds is 14. The van der Waals surface area contributed by atoms with Crippen LogP contribution in [0.3, 0.4) is 0 Å². The first-order valence-electron chi connectivity index (χ1n) is 8.73. The van der Waals surface area contributed by atoms with E-state index in [-0.39, 0.29) is 6.61 Å². The molecule has 3 nitrogen and oxygen atoms in total. The van der Waals surface area contributed by atoms with Crippen LogP contribution in [-0.4, -0.2) is 29.5 Å². The molecule has 3 heteroatoms. The van der Waals surface area contributed by atoms with Crippen molar-refractivity contribution in [3.05, 3.63) is 35.9 Å². The summed E-state index contributed by atoms with van der Waals surface area (Å²) >= 11 is 0. The molecule has 0 aliphatic rings. The molecule has 22 heavy (non-hydrogen) atoms. The molecule has 0 bridgehead atoms. The smallest absolute Gasteiger partial charge is 0.0770 e. The summed E-state index contributed by atoms with van der Waals surface area (Å²) in [5.41, 5.74) is 1.24. The van der Waals surface area contributed by atoms with Gasteiger partial charge in [0.25, 0.3) is 0 Å². The van der Waals surface area contributed by atoms with E-state index >= 15 is 0 Å². The highest BCUT2D eigenvalue weighted by molar-refractivity contribution is 5.13. The third-order valence-electron chi connectivity index (χ3n) is 3.90. The molecule has 0 aromatic heterocycles. The summed E-state index contributed by atoms with van der Waals surface area (Å²) in [6.45, 7) is 1.47. The van der Waals surface area contributed by atoms with Gasteiger partial charge in [0.1, 0.15) is 0 Å². The maximum atomic E-state index is 9.21. The third kappa shape index (κ3) is 10.8. The molecule has 0 fully saturated rings. The van der Waals surface area contributed by atoms with E-state index in [1.165, 1.54) is 37.7 Å². The topological polar surface area (TPSA) is 49.7 Å². The number of ether oxygens (including phenoxy) is 1. The van der Waals surface area contributed by atoms with Crippen LogP contribution in [0.15, 0.2) is 30.3 Å². The number of aliphatic hydroxyl groups is 2. The van der Waals surface area contributed by atoms with Crippen LogP contribution >= 0.6 is 0 Å². The summed E-state index contributed by atoms with van der Waals surface area (Å²) in [7, 11) is 0. The zero-order valence-electron chi connectivity index (χ0n) is 13.8. The molecule has 0 amide bonds. The minimum absolute atomic E-state index is 0.105. The largest absolute Gasteiger partial charge is 0.394 e. The Morgan fingerprint density at radius 3 is 2.05 bits per heavy atom. The van der Waals surface area contributed by atoms with Gasteiger partial charge in [-0.05, 0) is 18.4 Å². The molecule has 0 saturated heterocycles. The Labute approximate surface area is 135 Å². The van der Waals surface area contributed by atoms with Gasteiger partial charge in [0, 0.05) is 6.61 Å². The van der Waals surface area contributed by atoms with Gasteiger partial charge in [-0.1, -0.05) is 75.3 Å². The lowest BCUT2D eigenvalue weighted by Gasteiger charge is -2.06. The van der Waals surface area contributed by atoms with Gasteiger partial charge in [-0.25, -0.2) is 0 Å². The van der Waals surface area contributed by atoms with Gasteiger partial charge in [-0.2, -0.15) is 0 Å². The summed E-state index contributed by atoms with van der Waals surface area (Å²) < 4.78 is 5.67. The fourth-order valence-corrected chi connectivity index (χ4v) is 2.50. The van der Waals surface area contributed by atoms with Crippen molar-refractivity contribution in [3.63, 3.8) is 0 Å². The molecule has 1 atom stereocenters. The number of aliphatic hydroxyl groups excluding tert-OH is 2. The lowest BCUT2D eigenvalue weighted by molar-refractivity contribution is 0.0860. The number of hydrogen-bond acceptors (Lipinski definition) is 3. The summed E-state index contributed by atoms with van der Waals surface area (Å²) in [6, 6.07) is 10.3.